The van der Waals surface area contributed by atoms with Gasteiger partial charge in [0, 0.05) is 30.9 Å². The summed E-state index contributed by atoms with van der Waals surface area (Å²) < 4.78 is 7.27. The third-order valence-electron chi connectivity index (χ3n) is 5.50. The van der Waals surface area contributed by atoms with Crippen LogP contribution in [0.3, 0.4) is 0 Å². The van der Waals surface area contributed by atoms with Crippen LogP contribution in [0.5, 0.6) is 0 Å². The van der Waals surface area contributed by atoms with E-state index < -0.39 is 0 Å². The lowest BCUT2D eigenvalue weighted by Gasteiger charge is -2.31. The first-order chi connectivity index (χ1) is 15.3. The molecular formula is C24H30N5O3+. The Balaban J connectivity index is 2.08. The molecule has 1 heterocycles. The van der Waals surface area contributed by atoms with Gasteiger partial charge in [0.05, 0.1) is 20.2 Å². The molecule has 0 radical (unpaired) electrons. The highest BCUT2D eigenvalue weighted by Gasteiger charge is 2.36. The zero-order chi connectivity index (χ0) is 23.3. The van der Waals surface area contributed by atoms with E-state index in [2.05, 4.69) is 17.2 Å². The zero-order valence-electron chi connectivity index (χ0n) is 18.9. The number of oxime groups is 1. The maximum Gasteiger partial charge on any atom is 0.347 e. The number of ether oxygens (including phenoxy) is 1. The van der Waals surface area contributed by atoms with Gasteiger partial charge in [0.2, 0.25) is 0 Å². The van der Waals surface area contributed by atoms with Crippen molar-refractivity contribution in [1.29, 1.82) is 0 Å². The smallest absolute Gasteiger partial charge is 0.347 e. The number of hydrogen-bond donors (Lipinski definition) is 2. The molecule has 0 saturated heterocycles. The van der Waals surface area contributed by atoms with E-state index in [1.165, 1.54) is 0 Å². The molecule has 3 rings (SSSR count). The number of hydrogen-bond acceptors (Lipinski definition) is 5. The average Bonchev–Trinajstić information content (AvgIpc) is 3.21. The lowest BCUT2D eigenvalue weighted by molar-refractivity contribution is 0.0525. The maximum absolute atomic E-state index is 12.6. The number of amidine groups is 1. The van der Waals surface area contributed by atoms with Crippen LogP contribution < -0.4 is 10.2 Å². The third-order valence-corrected chi connectivity index (χ3v) is 5.50. The van der Waals surface area contributed by atoms with Crippen LogP contribution in [0.4, 0.5) is 11.5 Å². The molecule has 168 valence electrons. The minimum absolute atomic E-state index is 0.0591. The van der Waals surface area contributed by atoms with Gasteiger partial charge < -0.3 is 15.7 Å². The molecule has 8 heteroatoms. The van der Waals surface area contributed by atoms with Crippen LogP contribution in [-0.4, -0.2) is 47.0 Å². The lowest BCUT2D eigenvalue weighted by Crippen LogP contribution is -2.42. The predicted octanol–water partition coefficient (Wildman–Crippen LogP) is 4.04. The summed E-state index contributed by atoms with van der Waals surface area (Å²) in [6.45, 7) is 4.95. The minimum atomic E-state index is -0.375. The van der Waals surface area contributed by atoms with Crippen LogP contribution in [0.15, 0.2) is 59.9 Å². The van der Waals surface area contributed by atoms with E-state index in [0.717, 1.165) is 29.8 Å². The van der Waals surface area contributed by atoms with E-state index in [0.29, 0.717) is 28.0 Å². The molecule has 3 aromatic rings. The van der Waals surface area contributed by atoms with Gasteiger partial charge in [-0.05, 0) is 36.6 Å². The van der Waals surface area contributed by atoms with Gasteiger partial charge in [-0.2, -0.15) is 0 Å². The van der Waals surface area contributed by atoms with Crippen LogP contribution in [0.1, 0.15) is 36.2 Å². The molecule has 0 saturated carbocycles. The summed E-state index contributed by atoms with van der Waals surface area (Å²) in [6, 6.07) is 15.5. The van der Waals surface area contributed by atoms with Crippen molar-refractivity contribution >= 4 is 23.3 Å². The normalized spacial score (nSPS) is 13.6. The first kappa shape index (κ1) is 23.0. The van der Waals surface area contributed by atoms with Crippen molar-refractivity contribution in [2.75, 3.05) is 20.2 Å². The first-order valence-electron chi connectivity index (χ1n) is 10.6. The number of quaternary nitrogens is 1. The number of aryl methyl sites for hydroxylation is 1. The van der Waals surface area contributed by atoms with Crippen molar-refractivity contribution in [3.63, 3.8) is 0 Å². The second-order valence-electron chi connectivity index (χ2n) is 7.75. The Morgan fingerprint density at radius 1 is 1.16 bits per heavy atom. The summed E-state index contributed by atoms with van der Waals surface area (Å²) in [6.07, 6.45) is 2.60. The van der Waals surface area contributed by atoms with Crippen molar-refractivity contribution < 1.29 is 14.7 Å². The molecule has 1 atom stereocenters. The third kappa shape index (κ3) is 4.36. The molecule has 8 nitrogen and oxygen atoms in total. The van der Waals surface area contributed by atoms with Crippen molar-refractivity contribution in [2.45, 2.75) is 20.3 Å². The molecule has 0 fully saturated rings. The monoisotopic (exact) mass is 436 g/mol. The predicted molar refractivity (Wildman–Crippen MR) is 126 cm³/mol. The van der Waals surface area contributed by atoms with Gasteiger partial charge >= 0.3 is 5.97 Å². The Morgan fingerprint density at radius 3 is 2.47 bits per heavy atom. The summed E-state index contributed by atoms with van der Waals surface area (Å²) >= 11 is 0. The number of carbonyl (C=O) groups excluding carboxylic acids is 1. The molecule has 0 aliphatic rings. The molecular weight excluding hydrogens is 406 g/mol. The van der Waals surface area contributed by atoms with E-state index in [4.69, 9.17) is 15.7 Å². The number of benzene rings is 2. The summed E-state index contributed by atoms with van der Waals surface area (Å²) in [4.78, 5) is 12.6. The van der Waals surface area contributed by atoms with E-state index in [1.807, 2.05) is 55.6 Å². The number of carbonyl (C=O) groups is 1. The highest BCUT2D eigenvalue weighted by molar-refractivity contribution is 6.03. The largest absolute Gasteiger partial charge is 0.462 e. The average molecular weight is 437 g/mol. The van der Waals surface area contributed by atoms with E-state index in [-0.39, 0.29) is 11.8 Å². The van der Waals surface area contributed by atoms with Crippen molar-refractivity contribution in [2.24, 2.45) is 17.9 Å². The van der Waals surface area contributed by atoms with Crippen LogP contribution >= 0.6 is 0 Å². The molecule has 1 aromatic heterocycles. The molecule has 3 N–H and O–H groups in total. The summed E-state index contributed by atoms with van der Waals surface area (Å²) in [5.74, 6) is 0.335. The van der Waals surface area contributed by atoms with E-state index >= 15 is 0 Å². The Kier molecular flexibility index (Phi) is 6.95. The molecule has 0 amide bonds. The van der Waals surface area contributed by atoms with Gasteiger partial charge in [0.25, 0.3) is 5.82 Å². The van der Waals surface area contributed by atoms with Crippen LogP contribution in [0, 0.1) is 0 Å². The molecule has 0 aliphatic heterocycles. The Morgan fingerprint density at radius 2 is 1.84 bits per heavy atom. The van der Waals surface area contributed by atoms with Gasteiger partial charge in [-0.1, -0.05) is 36.3 Å². The zero-order valence-corrected chi connectivity index (χ0v) is 18.9. The van der Waals surface area contributed by atoms with Crippen LogP contribution in [0.2, 0.25) is 0 Å². The molecule has 0 spiro atoms. The topological polar surface area (TPSA) is 103 Å². The fraction of sp³-hybridized carbons (Fsp3) is 0.292. The number of esters is 1. The second kappa shape index (κ2) is 9.65. The Hall–Kier alpha value is -3.65. The van der Waals surface area contributed by atoms with Crippen molar-refractivity contribution in [3.8, 4) is 11.1 Å². The van der Waals surface area contributed by atoms with Crippen LogP contribution in [-0.2, 0) is 11.8 Å². The minimum Gasteiger partial charge on any atom is -0.462 e. The van der Waals surface area contributed by atoms with E-state index in [1.54, 1.807) is 24.9 Å². The standard InChI is InChI=1S/C24H29N5O3/c1-5-15-29(4,23-21(16-28(3)26-23)24(30)32-6-2)18-13-11-17(12-14-18)19-9-7-8-10-20(19)22(25)27-31/h7-14,16H,5-6,15H2,1-4H3,(H2-,25,27,31)/p+1. The maximum atomic E-state index is 12.6. The summed E-state index contributed by atoms with van der Waals surface area (Å²) in [7, 11) is 3.85. The number of rotatable bonds is 8. The summed E-state index contributed by atoms with van der Waals surface area (Å²) in [5, 5.41) is 16.9. The number of nitrogens with two attached hydrogens (primary N) is 1. The van der Waals surface area contributed by atoms with E-state index in [9.17, 15) is 4.79 Å². The van der Waals surface area contributed by atoms with Gasteiger partial charge in [0.15, 0.2) is 11.4 Å². The fourth-order valence-electron chi connectivity index (χ4n) is 3.98. The van der Waals surface area contributed by atoms with Gasteiger partial charge in [-0.3, -0.25) is 4.68 Å². The molecule has 1 unspecified atom stereocenters. The highest BCUT2D eigenvalue weighted by atomic mass is 16.5. The highest BCUT2D eigenvalue weighted by Crippen LogP contribution is 2.36. The van der Waals surface area contributed by atoms with Crippen molar-refractivity contribution in [1.82, 2.24) is 14.3 Å². The first-order valence-corrected chi connectivity index (χ1v) is 10.6. The molecule has 0 aliphatic carbocycles. The van der Waals surface area contributed by atoms with Gasteiger partial charge in [-0.25, -0.2) is 9.28 Å². The molecule has 0 bridgehead atoms. The quantitative estimate of drug-likeness (QED) is 0.139. The molecule has 2 aromatic carbocycles. The molecule has 32 heavy (non-hydrogen) atoms. The van der Waals surface area contributed by atoms with Gasteiger partial charge in [-0.15, -0.1) is 5.10 Å². The Labute approximate surface area is 188 Å². The SMILES string of the molecule is CCC[N+](C)(c1ccc(-c2ccccc2C(N)=NO)cc1)c1nn(C)cc1C(=O)OCC. The summed E-state index contributed by atoms with van der Waals surface area (Å²) in [5.41, 5.74) is 9.77. The van der Waals surface area contributed by atoms with Gasteiger partial charge in [0.1, 0.15) is 5.69 Å². The Bertz CT molecular complexity index is 1120. The van der Waals surface area contributed by atoms with Crippen LogP contribution in [0.25, 0.3) is 11.1 Å². The lowest BCUT2D eigenvalue weighted by atomic mass is 9.98. The fourth-order valence-corrected chi connectivity index (χ4v) is 3.98. The number of nitrogens with zero attached hydrogens (tertiary/aromatic N) is 4. The second-order valence-corrected chi connectivity index (χ2v) is 7.75. The van der Waals surface area contributed by atoms with Crippen molar-refractivity contribution in [3.05, 3.63) is 65.9 Å². The number of aromatic nitrogens is 2.